The summed E-state index contributed by atoms with van der Waals surface area (Å²) in [4.78, 5) is 15.0. The Balaban J connectivity index is 2.97. The molecule has 0 aliphatic carbocycles. The lowest BCUT2D eigenvalue weighted by molar-refractivity contribution is 0.0943. The standard InChI is InChI=1S/C11H9FN2O2/c1-6(15)14-9-4-3-7(12)5-8(9)10(16)11(14)13-2/h3-5,16H,2H2,1H3. The smallest absolute Gasteiger partial charge is 0.229 e. The monoisotopic (exact) mass is 220 g/mol. The van der Waals surface area contributed by atoms with Crippen LogP contribution in [0.4, 0.5) is 10.2 Å². The minimum absolute atomic E-state index is 0.0353. The number of rotatable bonds is 1. The molecule has 1 aromatic heterocycles. The van der Waals surface area contributed by atoms with Gasteiger partial charge in [-0.2, -0.15) is 0 Å². The molecule has 82 valence electrons. The maximum atomic E-state index is 13.0. The molecule has 0 aliphatic rings. The van der Waals surface area contributed by atoms with E-state index < -0.39 is 5.82 Å². The Hall–Kier alpha value is -2.17. The molecule has 0 bridgehead atoms. The van der Waals surface area contributed by atoms with Gasteiger partial charge in [0.05, 0.1) is 5.52 Å². The molecule has 0 unspecified atom stereocenters. The normalized spacial score (nSPS) is 10.6. The SMILES string of the molecule is C=Nc1c(O)c2cc(F)ccc2n1C(C)=O. The zero-order valence-electron chi connectivity index (χ0n) is 8.57. The van der Waals surface area contributed by atoms with Crippen LogP contribution in [0.25, 0.3) is 10.9 Å². The number of hydrogen-bond acceptors (Lipinski definition) is 3. The van der Waals surface area contributed by atoms with Gasteiger partial charge in [0.15, 0.2) is 11.6 Å². The van der Waals surface area contributed by atoms with Crippen molar-refractivity contribution in [2.75, 3.05) is 0 Å². The van der Waals surface area contributed by atoms with E-state index in [0.717, 1.165) is 6.07 Å². The van der Waals surface area contributed by atoms with Gasteiger partial charge in [0.2, 0.25) is 5.91 Å². The van der Waals surface area contributed by atoms with Gasteiger partial charge in [-0.3, -0.25) is 9.36 Å². The predicted octanol–water partition coefficient (Wildman–Crippen LogP) is 2.48. The minimum atomic E-state index is -0.487. The molecule has 0 aliphatic heterocycles. The highest BCUT2D eigenvalue weighted by atomic mass is 19.1. The van der Waals surface area contributed by atoms with E-state index in [4.69, 9.17) is 0 Å². The third-order valence-electron chi connectivity index (χ3n) is 2.34. The molecule has 0 atom stereocenters. The van der Waals surface area contributed by atoms with Crippen LogP contribution in [0.3, 0.4) is 0 Å². The number of aromatic hydroxyl groups is 1. The van der Waals surface area contributed by atoms with E-state index in [2.05, 4.69) is 11.7 Å². The maximum Gasteiger partial charge on any atom is 0.229 e. The third kappa shape index (κ3) is 1.29. The van der Waals surface area contributed by atoms with Gasteiger partial charge in [-0.25, -0.2) is 9.38 Å². The topological polar surface area (TPSA) is 54.6 Å². The molecule has 0 fully saturated rings. The van der Waals surface area contributed by atoms with Gasteiger partial charge in [-0.15, -0.1) is 0 Å². The molecular weight excluding hydrogens is 211 g/mol. The Morgan fingerprint density at radius 2 is 2.25 bits per heavy atom. The molecule has 0 saturated carbocycles. The summed E-state index contributed by atoms with van der Waals surface area (Å²) in [6, 6.07) is 3.79. The molecule has 1 aromatic carbocycles. The second-order valence-corrected chi connectivity index (χ2v) is 3.35. The number of carbonyl (C=O) groups is 1. The molecule has 2 rings (SSSR count). The summed E-state index contributed by atoms with van der Waals surface area (Å²) in [5.74, 6) is -1.01. The van der Waals surface area contributed by atoms with Crippen LogP contribution < -0.4 is 0 Å². The van der Waals surface area contributed by atoms with Crippen molar-refractivity contribution < 1.29 is 14.3 Å². The van der Waals surface area contributed by atoms with Crippen LogP contribution in [0, 0.1) is 5.82 Å². The fraction of sp³-hybridized carbons (Fsp3) is 0.0909. The number of hydrogen-bond donors (Lipinski definition) is 1. The van der Waals surface area contributed by atoms with Gasteiger partial charge >= 0.3 is 0 Å². The lowest BCUT2D eigenvalue weighted by atomic mass is 10.2. The number of carbonyl (C=O) groups excluding carboxylic acids is 1. The first-order valence-corrected chi connectivity index (χ1v) is 4.57. The predicted molar refractivity (Wildman–Crippen MR) is 59.1 cm³/mol. The van der Waals surface area contributed by atoms with Crippen molar-refractivity contribution in [2.24, 2.45) is 4.99 Å². The first-order valence-electron chi connectivity index (χ1n) is 4.57. The van der Waals surface area contributed by atoms with E-state index in [9.17, 15) is 14.3 Å². The van der Waals surface area contributed by atoms with Gasteiger partial charge in [0, 0.05) is 12.3 Å². The van der Waals surface area contributed by atoms with E-state index >= 15 is 0 Å². The summed E-state index contributed by atoms with van der Waals surface area (Å²) in [6.07, 6.45) is 0. The highest BCUT2D eigenvalue weighted by molar-refractivity contribution is 6.01. The number of aromatic nitrogens is 1. The molecule has 1 heterocycles. The number of benzene rings is 1. The van der Waals surface area contributed by atoms with Crippen molar-refractivity contribution in [2.45, 2.75) is 6.92 Å². The fourth-order valence-electron chi connectivity index (χ4n) is 1.70. The summed E-state index contributed by atoms with van der Waals surface area (Å²) in [5, 5.41) is 10.0. The van der Waals surface area contributed by atoms with Crippen LogP contribution in [0.1, 0.15) is 11.7 Å². The van der Waals surface area contributed by atoms with Crippen molar-refractivity contribution in [3.63, 3.8) is 0 Å². The molecule has 4 nitrogen and oxygen atoms in total. The highest BCUT2D eigenvalue weighted by Crippen LogP contribution is 2.38. The first-order chi connectivity index (χ1) is 7.56. The Bertz CT molecular complexity index is 602. The van der Waals surface area contributed by atoms with Crippen LogP contribution in [0.2, 0.25) is 0 Å². The van der Waals surface area contributed by atoms with Crippen LogP contribution in [0.5, 0.6) is 5.75 Å². The number of aliphatic imine (C=N–C) groups is 1. The van der Waals surface area contributed by atoms with Crippen LogP contribution in [-0.2, 0) is 0 Å². The molecule has 0 radical (unpaired) electrons. The van der Waals surface area contributed by atoms with Gasteiger partial charge in [-0.05, 0) is 24.9 Å². The molecule has 2 aromatic rings. The van der Waals surface area contributed by atoms with Crippen molar-refractivity contribution in [1.29, 1.82) is 0 Å². The van der Waals surface area contributed by atoms with Gasteiger partial charge in [0.25, 0.3) is 0 Å². The van der Waals surface area contributed by atoms with Crippen LogP contribution in [0.15, 0.2) is 23.2 Å². The average Bonchev–Trinajstić information content (AvgIpc) is 2.51. The molecule has 0 spiro atoms. The van der Waals surface area contributed by atoms with E-state index in [-0.39, 0.29) is 22.9 Å². The van der Waals surface area contributed by atoms with Crippen molar-refractivity contribution >= 4 is 29.3 Å². The van der Waals surface area contributed by atoms with E-state index in [0.29, 0.717) is 5.52 Å². The van der Waals surface area contributed by atoms with E-state index in [1.807, 2.05) is 0 Å². The molecule has 0 saturated heterocycles. The van der Waals surface area contributed by atoms with Gasteiger partial charge in [-0.1, -0.05) is 0 Å². The molecular formula is C11H9FN2O2. The first kappa shape index (κ1) is 10.4. The average molecular weight is 220 g/mol. The Morgan fingerprint density at radius 3 is 2.81 bits per heavy atom. The lowest BCUT2D eigenvalue weighted by Crippen LogP contribution is -2.04. The summed E-state index contributed by atoms with van der Waals surface area (Å²) in [6.45, 7) is 4.61. The van der Waals surface area contributed by atoms with Gasteiger partial charge in [0.1, 0.15) is 5.82 Å². The fourth-order valence-corrected chi connectivity index (χ4v) is 1.70. The second-order valence-electron chi connectivity index (χ2n) is 3.35. The molecule has 16 heavy (non-hydrogen) atoms. The van der Waals surface area contributed by atoms with Crippen LogP contribution >= 0.6 is 0 Å². The zero-order valence-corrected chi connectivity index (χ0v) is 8.57. The Kier molecular flexibility index (Phi) is 2.23. The Morgan fingerprint density at radius 1 is 1.56 bits per heavy atom. The molecule has 5 heteroatoms. The lowest BCUT2D eigenvalue weighted by Gasteiger charge is -2.00. The van der Waals surface area contributed by atoms with E-state index in [1.54, 1.807) is 0 Å². The number of nitrogens with zero attached hydrogens (tertiary/aromatic N) is 2. The highest BCUT2D eigenvalue weighted by Gasteiger charge is 2.18. The van der Waals surface area contributed by atoms with Crippen LogP contribution in [-0.4, -0.2) is 22.3 Å². The van der Waals surface area contributed by atoms with E-state index in [1.165, 1.54) is 23.6 Å². The largest absolute Gasteiger partial charge is 0.504 e. The summed E-state index contributed by atoms with van der Waals surface area (Å²) in [5.41, 5.74) is 0.411. The number of halogens is 1. The molecule has 0 amide bonds. The number of fused-ring (bicyclic) bond motifs is 1. The minimum Gasteiger partial charge on any atom is -0.504 e. The summed E-state index contributed by atoms with van der Waals surface area (Å²) in [7, 11) is 0. The summed E-state index contributed by atoms with van der Waals surface area (Å²) >= 11 is 0. The third-order valence-corrected chi connectivity index (χ3v) is 2.34. The molecule has 1 N–H and O–H groups in total. The summed E-state index contributed by atoms with van der Waals surface area (Å²) < 4.78 is 14.2. The quantitative estimate of drug-likeness (QED) is 0.750. The van der Waals surface area contributed by atoms with Crippen molar-refractivity contribution in [1.82, 2.24) is 4.57 Å². The maximum absolute atomic E-state index is 13.0. The van der Waals surface area contributed by atoms with Crippen molar-refractivity contribution in [3.8, 4) is 5.75 Å². The Labute approximate surface area is 90.6 Å². The second kappa shape index (κ2) is 3.44. The zero-order chi connectivity index (χ0) is 11.9. The van der Waals surface area contributed by atoms with Crippen molar-refractivity contribution in [3.05, 3.63) is 24.0 Å². The van der Waals surface area contributed by atoms with Gasteiger partial charge < -0.3 is 5.11 Å².